The van der Waals surface area contributed by atoms with Crippen LogP contribution in [0.3, 0.4) is 0 Å². The Morgan fingerprint density at radius 3 is 2.45 bits per heavy atom. The second kappa shape index (κ2) is 9.58. The zero-order valence-electron chi connectivity index (χ0n) is 17.8. The number of nitrogens with one attached hydrogen (secondary N) is 3. The summed E-state index contributed by atoms with van der Waals surface area (Å²) in [5, 5.41) is 9.49. The quantitative estimate of drug-likeness (QED) is 0.689. The number of para-hydroxylation sites is 1. The van der Waals surface area contributed by atoms with Crippen LogP contribution < -0.4 is 20.9 Å². The average Bonchev–Trinajstić information content (AvgIpc) is 2.70. The van der Waals surface area contributed by atoms with E-state index in [2.05, 4.69) is 25.9 Å². The molecule has 0 spiro atoms. The van der Waals surface area contributed by atoms with Gasteiger partial charge in [-0.3, -0.25) is 0 Å². The summed E-state index contributed by atoms with van der Waals surface area (Å²) in [4.78, 5) is 23.1. The Morgan fingerprint density at radius 2 is 1.79 bits per heavy atom. The summed E-state index contributed by atoms with van der Waals surface area (Å²) in [6.07, 6.45) is 6.05. The smallest absolute Gasteiger partial charge is 0.319 e. The van der Waals surface area contributed by atoms with Crippen LogP contribution in [-0.2, 0) is 0 Å². The molecule has 7 heteroatoms. The Balaban J connectivity index is 1.42. The van der Waals surface area contributed by atoms with Gasteiger partial charge in [0, 0.05) is 38.6 Å². The monoisotopic (exact) mass is 396 g/mol. The minimum Gasteiger partial charge on any atom is -0.363 e. The molecule has 29 heavy (non-hydrogen) atoms. The molecule has 1 aliphatic rings. The summed E-state index contributed by atoms with van der Waals surface area (Å²) in [6.45, 7) is 4.72. The van der Waals surface area contributed by atoms with E-state index >= 15 is 0 Å². The average molecular weight is 397 g/mol. The maximum atomic E-state index is 12.3. The van der Waals surface area contributed by atoms with Gasteiger partial charge in [-0.05, 0) is 62.6 Å². The lowest BCUT2D eigenvalue weighted by Crippen LogP contribution is -2.36. The number of anilines is 3. The molecule has 1 aromatic carbocycles. The predicted molar refractivity (Wildman–Crippen MR) is 119 cm³/mol. The highest BCUT2D eigenvalue weighted by Gasteiger charge is 2.22. The number of carbonyl (C=O) groups is 1. The molecule has 3 N–H and O–H groups in total. The third-order valence-corrected chi connectivity index (χ3v) is 5.55. The second-order valence-electron chi connectivity index (χ2n) is 8.10. The first-order valence-electron chi connectivity index (χ1n) is 10.3. The van der Waals surface area contributed by atoms with Crippen LogP contribution in [0.25, 0.3) is 0 Å². The minimum absolute atomic E-state index is 0.128. The van der Waals surface area contributed by atoms with Crippen molar-refractivity contribution in [3.8, 4) is 0 Å². The van der Waals surface area contributed by atoms with Gasteiger partial charge in [0.15, 0.2) is 0 Å². The molecule has 3 rings (SSSR count). The molecule has 7 nitrogen and oxygen atoms in total. The van der Waals surface area contributed by atoms with Crippen LogP contribution in [0.5, 0.6) is 0 Å². The first-order chi connectivity index (χ1) is 13.9. The van der Waals surface area contributed by atoms with Crippen LogP contribution in [0, 0.1) is 19.8 Å². The SMILES string of the molecule is Cc1cccc(C)c1NC(=O)NCC1CCC(Nc2nccc(N(C)C)n2)CC1. The van der Waals surface area contributed by atoms with E-state index in [-0.39, 0.29) is 6.03 Å². The number of nitrogens with zero attached hydrogens (tertiary/aromatic N) is 3. The van der Waals surface area contributed by atoms with Crippen molar-refractivity contribution in [3.63, 3.8) is 0 Å². The molecule has 0 radical (unpaired) electrons. The number of carbonyl (C=O) groups excluding carboxylic acids is 1. The van der Waals surface area contributed by atoms with Gasteiger partial charge in [0.2, 0.25) is 5.95 Å². The van der Waals surface area contributed by atoms with Gasteiger partial charge in [0.05, 0.1) is 0 Å². The molecular weight excluding hydrogens is 364 g/mol. The molecule has 1 aliphatic carbocycles. The second-order valence-corrected chi connectivity index (χ2v) is 8.10. The van der Waals surface area contributed by atoms with Crippen molar-refractivity contribution in [2.75, 3.05) is 36.2 Å². The van der Waals surface area contributed by atoms with Crippen molar-refractivity contribution in [1.82, 2.24) is 15.3 Å². The normalized spacial score (nSPS) is 18.8. The van der Waals surface area contributed by atoms with Crippen molar-refractivity contribution >= 4 is 23.5 Å². The van der Waals surface area contributed by atoms with Crippen molar-refractivity contribution in [2.45, 2.75) is 45.6 Å². The lowest BCUT2D eigenvalue weighted by atomic mass is 9.86. The van der Waals surface area contributed by atoms with Crippen LogP contribution in [0.15, 0.2) is 30.5 Å². The Bertz CT molecular complexity index is 810. The number of amides is 2. The van der Waals surface area contributed by atoms with Crippen LogP contribution >= 0.6 is 0 Å². The maximum absolute atomic E-state index is 12.3. The molecule has 0 unspecified atom stereocenters. The third kappa shape index (κ3) is 5.82. The number of rotatable bonds is 6. The van der Waals surface area contributed by atoms with E-state index in [0.29, 0.717) is 24.5 Å². The summed E-state index contributed by atoms with van der Waals surface area (Å²) < 4.78 is 0. The minimum atomic E-state index is -0.128. The Hall–Kier alpha value is -2.83. The predicted octanol–water partition coefficient (Wildman–Crippen LogP) is 3.95. The van der Waals surface area contributed by atoms with Gasteiger partial charge in [-0.1, -0.05) is 18.2 Å². The van der Waals surface area contributed by atoms with Gasteiger partial charge in [0.1, 0.15) is 5.82 Å². The number of urea groups is 1. The van der Waals surface area contributed by atoms with Gasteiger partial charge in [-0.25, -0.2) is 9.78 Å². The van der Waals surface area contributed by atoms with Crippen LogP contribution in [0.1, 0.15) is 36.8 Å². The van der Waals surface area contributed by atoms with E-state index < -0.39 is 0 Å². The lowest BCUT2D eigenvalue weighted by molar-refractivity contribution is 0.246. The van der Waals surface area contributed by atoms with E-state index in [0.717, 1.165) is 48.3 Å². The van der Waals surface area contributed by atoms with Gasteiger partial charge in [-0.2, -0.15) is 4.98 Å². The summed E-state index contributed by atoms with van der Waals surface area (Å²) >= 11 is 0. The first-order valence-corrected chi connectivity index (χ1v) is 10.3. The number of aryl methyl sites for hydroxylation is 2. The standard InChI is InChI=1S/C22H32N6O/c1-15-6-5-7-16(2)20(15)27-22(29)24-14-17-8-10-18(11-9-17)25-21-23-13-12-19(26-21)28(3)4/h5-7,12-13,17-18H,8-11,14H2,1-4H3,(H,23,25,26)(H2,24,27,29). The van der Waals surface area contributed by atoms with Crippen molar-refractivity contribution < 1.29 is 4.79 Å². The number of hydrogen-bond donors (Lipinski definition) is 3. The van der Waals surface area contributed by atoms with Crippen LogP contribution in [-0.4, -0.2) is 42.7 Å². The molecule has 0 aliphatic heterocycles. The summed E-state index contributed by atoms with van der Waals surface area (Å²) in [5.41, 5.74) is 3.05. The van der Waals surface area contributed by atoms with Gasteiger partial charge in [0.25, 0.3) is 0 Å². The summed E-state index contributed by atoms with van der Waals surface area (Å²) in [5.74, 6) is 2.09. The number of aromatic nitrogens is 2. The van der Waals surface area contributed by atoms with E-state index in [1.807, 2.05) is 57.1 Å². The molecule has 0 bridgehead atoms. The van der Waals surface area contributed by atoms with Crippen molar-refractivity contribution in [1.29, 1.82) is 0 Å². The maximum Gasteiger partial charge on any atom is 0.319 e. The van der Waals surface area contributed by atoms with E-state index in [9.17, 15) is 4.79 Å². The van der Waals surface area contributed by atoms with E-state index in [1.54, 1.807) is 6.20 Å². The highest BCUT2D eigenvalue weighted by atomic mass is 16.2. The van der Waals surface area contributed by atoms with Crippen molar-refractivity contribution in [3.05, 3.63) is 41.6 Å². The fourth-order valence-corrected chi connectivity index (χ4v) is 3.77. The third-order valence-electron chi connectivity index (χ3n) is 5.55. The molecule has 2 amide bonds. The largest absolute Gasteiger partial charge is 0.363 e. The fraction of sp³-hybridized carbons (Fsp3) is 0.500. The molecule has 1 fully saturated rings. The fourth-order valence-electron chi connectivity index (χ4n) is 3.77. The van der Waals surface area contributed by atoms with Gasteiger partial charge >= 0.3 is 6.03 Å². The zero-order valence-corrected chi connectivity index (χ0v) is 17.8. The first kappa shape index (κ1) is 20.9. The van der Waals surface area contributed by atoms with Crippen LogP contribution in [0.2, 0.25) is 0 Å². The zero-order chi connectivity index (χ0) is 20.8. The van der Waals surface area contributed by atoms with Crippen molar-refractivity contribution in [2.24, 2.45) is 5.92 Å². The van der Waals surface area contributed by atoms with E-state index in [4.69, 9.17) is 0 Å². The molecular formula is C22H32N6O. The highest BCUT2D eigenvalue weighted by Crippen LogP contribution is 2.26. The topological polar surface area (TPSA) is 82.2 Å². The summed E-state index contributed by atoms with van der Waals surface area (Å²) in [7, 11) is 3.95. The number of benzene rings is 1. The van der Waals surface area contributed by atoms with Gasteiger partial charge < -0.3 is 20.9 Å². The molecule has 156 valence electrons. The molecule has 1 heterocycles. The Labute approximate surface area is 173 Å². The highest BCUT2D eigenvalue weighted by molar-refractivity contribution is 5.90. The Kier molecular flexibility index (Phi) is 6.90. The summed E-state index contributed by atoms with van der Waals surface area (Å²) in [6, 6.07) is 8.17. The molecule has 1 aromatic heterocycles. The molecule has 0 saturated heterocycles. The molecule has 1 saturated carbocycles. The number of hydrogen-bond acceptors (Lipinski definition) is 5. The van der Waals surface area contributed by atoms with E-state index in [1.165, 1.54) is 0 Å². The van der Waals surface area contributed by atoms with Crippen LogP contribution in [0.4, 0.5) is 22.2 Å². The lowest BCUT2D eigenvalue weighted by Gasteiger charge is -2.29. The molecule has 0 atom stereocenters. The van der Waals surface area contributed by atoms with Gasteiger partial charge in [-0.15, -0.1) is 0 Å². The Morgan fingerprint density at radius 1 is 1.10 bits per heavy atom. The molecule has 2 aromatic rings.